The van der Waals surface area contributed by atoms with Crippen molar-refractivity contribution in [1.82, 2.24) is 9.62 Å². The monoisotopic (exact) mass is 1040 g/mol. The van der Waals surface area contributed by atoms with Crippen LogP contribution in [0.1, 0.15) is 54.1 Å². The molecule has 0 saturated carbocycles. The average molecular weight is 1040 g/mol. The Labute approximate surface area is 413 Å². The maximum Gasteiger partial charge on any atom is 0.501 e. The van der Waals surface area contributed by atoms with Gasteiger partial charge in [0.1, 0.15) is 4.90 Å². The molecule has 1 amide bonds. The number of sulfone groups is 1. The number of halogens is 4. The van der Waals surface area contributed by atoms with E-state index in [0.29, 0.717) is 42.9 Å². The zero-order valence-electron chi connectivity index (χ0n) is 38.7. The van der Waals surface area contributed by atoms with Crippen LogP contribution in [0.5, 0.6) is 0 Å². The lowest BCUT2D eigenvalue weighted by Crippen LogP contribution is -2.39. The molecule has 0 bridgehead atoms. The average Bonchev–Trinajstić information content (AvgIpc) is 3.76. The molecule has 69 heavy (non-hydrogen) atoms. The number of rotatable bonds is 19. The SMILES string of the molecule is C[Si](C)(C)OC(c1ccccc1-c1ccc(Cl)cc1)C1CCN(c2ccc(C(=O)NS(=O)(=O)c3ccc(N[C@@H](CSc4ccccc4)C[C@@H]4CCCN4CCO)c(S(=O)(=O)C(F)(F)F)c3)cc2)CC1. The van der Waals surface area contributed by atoms with E-state index in [4.69, 9.17) is 16.0 Å². The molecule has 5 aromatic rings. The van der Waals surface area contributed by atoms with Crippen LogP contribution >= 0.6 is 23.4 Å². The Balaban J connectivity index is 1.06. The molecule has 19 heteroatoms. The van der Waals surface area contributed by atoms with E-state index >= 15 is 0 Å². The Morgan fingerprint density at radius 1 is 0.870 bits per heavy atom. The minimum atomic E-state index is -6.10. The predicted octanol–water partition coefficient (Wildman–Crippen LogP) is 10.6. The highest BCUT2D eigenvalue weighted by Gasteiger charge is 2.48. The number of amides is 1. The number of carbonyl (C=O) groups excluding carboxylic acids is 1. The zero-order valence-corrected chi connectivity index (χ0v) is 42.9. The molecule has 5 aromatic carbocycles. The van der Waals surface area contributed by atoms with Crippen LogP contribution in [-0.4, -0.2) is 97.2 Å². The molecule has 11 nitrogen and oxygen atoms in total. The number of benzene rings is 5. The van der Waals surface area contributed by atoms with Gasteiger partial charge in [-0.1, -0.05) is 66.2 Å². The number of aliphatic hydroxyl groups excluding tert-OH is 1. The first-order valence-corrected chi connectivity index (χ1v) is 30.7. The van der Waals surface area contributed by atoms with E-state index in [-0.39, 0.29) is 30.2 Å². The number of likely N-dealkylation sites (tertiary alicyclic amines) is 1. The summed E-state index contributed by atoms with van der Waals surface area (Å²) in [5, 5.41) is 13.3. The lowest BCUT2D eigenvalue weighted by atomic mass is 9.84. The summed E-state index contributed by atoms with van der Waals surface area (Å²) in [5.41, 5.74) is -2.13. The first-order valence-electron chi connectivity index (χ1n) is 22.9. The molecule has 2 saturated heterocycles. The minimum absolute atomic E-state index is 0.0260. The number of alkyl halides is 3. The van der Waals surface area contributed by atoms with Gasteiger partial charge in [0.15, 0.2) is 8.32 Å². The third-order valence-electron chi connectivity index (χ3n) is 12.4. The van der Waals surface area contributed by atoms with Crippen LogP contribution in [-0.2, 0) is 24.3 Å². The van der Waals surface area contributed by atoms with Crippen LogP contribution in [0.15, 0.2) is 136 Å². The van der Waals surface area contributed by atoms with Crippen molar-refractivity contribution < 1.29 is 44.3 Å². The highest BCUT2D eigenvalue weighted by molar-refractivity contribution is 7.99. The van der Waals surface area contributed by atoms with E-state index < -0.39 is 61.1 Å². The molecule has 2 fully saturated rings. The van der Waals surface area contributed by atoms with Crippen LogP contribution in [0.4, 0.5) is 24.5 Å². The molecule has 0 radical (unpaired) electrons. The second kappa shape index (κ2) is 22.3. The van der Waals surface area contributed by atoms with Gasteiger partial charge in [0, 0.05) is 58.6 Å². The Kier molecular flexibility index (Phi) is 17.0. The van der Waals surface area contributed by atoms with E-state index in [1.165, 1.54) is 23.9 Å². The topological polar surface area (TPSA) is 145 Å². The predicted molar refractivity (Wildman–Crippen MR) is 271 cm³/mol. The molecule has 3 N–H and O–H groups in total. The Morgan fingerprint density at radius 2 is 1.54 bits per heavy atom. The van der Waals surface area contributed by atoms with Gasteiger partial charge in [0.2, 0.25) is 0 Å². The lowest BCUT2D eigenvalue weighted by Gasteiger charge is -2.40. The molecule has 0 aliphatic carbocycles. The molecular weight excluding hydrogens is 985 g/mol. The fourth-order valence-electron chi connectivity index (χ4n) is 9.11. The Morgan fingerprint density at radius 3 is 2.19 bits per heavy atom. The normalized spacial score (nSPS) is 17.4. The molecule has 0 aromatic heterocycles. The van der Waals surface area contributed by atoms with Gasteiger partial charge in [-0.2, -0.15) is 13.2 Å². The maximum absolute atomic E-state index is 14.3. The third-order valence-corrected chi connectivity index (χ3v) is 17.7. The minimum Gasteiger partial charge on any atom is -0.410 e. The Hall–Kier alpha value is -4.40. The van der Waals surface area contributed by atoms with Gasteiger partial charge < -0.3 is 19.7 Å². The van der Waals surface area contributed by atoms with E-state index in [2.05, 4.69) is 46.9 Å². The van der Waals surface area contributed by atoms with Gasteiger partial charge in [-0.05, 0) is 148 Å². The summed E-state index contributed by atoms with van der Waals surface area (Å²) in [4.78, 5) is 16.5. The number of carbonyl (C=O) groups is 1. The van der Waals surface area contributed by atoms with Crippen LogP contribution in [0.3, 0.4) is 0 Å². The number of hydrogen-bond donors (Lipinski definition) is 3. The maximum atomic E-state index is 14.3. The first-order chi connectivity index (χ1) is 32.7. The number of anilines is 2. The van der Waals surface area contributed by atoms with Gasteiger partial charge in [-0.3, -0.25) is 9.69 Å². The molecular formula is C50H58ClF3N4O7S3Si. The molecule has 370 valence electrons. The van der Waals surface area contributed by atoms with Crippen molar-refractivity contribution in [3.05, 3.63) is 137 Å². The summed E-state index contributed by atoms with van der Waals surface area (Å²) in [5.74, 6) is -0.495. The van der Waals surface area contributed by atoms with E-state index in [9.17, 15) is 39.9 Å². The number of aliphatic hydroxyl groups is 1. The molecule has 2 aliphatic heterocycles. The van der Waals surface area contributed by atoms with Crippen molar-refractivity contribution in [2.24, 2.45) is 5.92 Å². The van der Waals surface area contributed by atoms with Gasteiger partial charge in [-0.25, -0.2) is 21.6 Å². The number of sulfonamides is 1. The molecule has 0 spiro atoms. The third kappa shape index (κ3) is 13.3. The first kappa shape index (κ1) is 52.4. The number of β-amino-alcohol motifs (C(OH)–C–C–N with tert-alkyl or cyclic N) is 1. The van der Waals surface area contributed by atoms with Crippen LogP contribution in [0.25, 0.3) is 11.1 Å². The summed E-state index contributed by atoms with van der Waals surface area (Å²) < 4.78 is 105. The number of piperidine rings is 1. The highest BCUT2D eigenvalue weighted by Crippen LogP contribution is 2.42. The summed E-state index contributed by atoms with van der Waals surface area (Å²) in [6, 6.07) is 33.6. The smallest absolute Gasteiger partial charge is 0.410 e. The molecule has 2 aliphatic rings. The fourth-order valence-corrected chi connectivity index (χ4v) is 13.3. The quantitative estimate of drug-likeness (QED) is 0.0537. The standard InChI is InChI=1S/C50H58ClF3N4O7S3Si/c1-69(2,3)65-48(45-14-8-7-13-44(45)35-15-19-38(51)20-16-35)36-25-28-58(29-26-36)40-21-17-37(18-22-40)49(60)56-68(63,64)43-23-24-46(47(33-43)67(61,62)50(52,53)54)55-39(34-66-42-11-5-4-6-12-42)32-41-10-9-27-57(41)30-31-59/h4-8,11-24,33,36,39,41,48,55,59H,9-10,25-32,34H2,1-3H3,(H,56,60)/t39-,41+,48?/m1/s1. The number of hydrogen-bond acceptors (Lipinski definition) is 11. The van der Waals surface area contributed by atoms with Crippen LogP contribution in [0, 0.1) is 5.92 Å². The van der Waals surface area contributed by atoms with Crippen molar-refractivity contribution in [2.45, 2.75) is 90.1 Å². The summed E-state index contributed by atoms with van der Waals surface area (Å²) in [6.45, 7) is 9.02. The van der Waals surface area contributed by atoms with E-state index in [0.717, 1.165) is 71.6 Å². The van der Waals surface area contributed by atoms with Gasteiger partial charge in [0.05, 0.1) is 23.3 Å². The van der Waals surface area contributed by atoms with Crippen LogP contribution < -0.4 is 14.9 Å². The fraction of sp³-hybridized carbons (Fsp3) is 0.380. The summed E-state index contributed by atoms with van der Waals surface area (Å²) >= 11 is 7.65. The van der Waals surface area contributed by atoms with Crippen LogP contribution in [0.2, 0.25) is 24.7 Å². The van der Waals surface area contributed by atoms with Crippen molar-refractivity contribution in [3.63, 3.8) is 0 Å². The van der Waals surface area contributed by atoms with Crippen molar-refractivity contribution in [3.8, 4) is 11.1 Å². The lowest BCUT2D eigenvalue weighted by molar-refractivity contribution is -0.0435. The van der Waals surface area contributed by atoms with Crippen molar-refractivity contribution in [1.29, 1.82) is 0 Å². The molecule has 1 unspecified atom stereocenters. The van der Waals surface area contributed by atoms with Crippen molar-refractivity contribution in [2.75, 3.05) is 48.8 Å². The summed E-state index contributed by atoms with van der Waals surface area (Å²) in [7, 11) is -13.0. The Bertz CT molecular complexity index is 2760. The van der Waals surface area contributed by atoms with Gasteiger partial charge in [0.25, 0.3) is 25.8 Å². The van der Waals surface area contributed by atoms with Crippen molar-refractivity contribution >= 4 is 68.8 Å². The second-order valence-electron chi connectivity index (χ2n) is 18.4. The second-order valence-corrected chi connectivity index (χ2v) is 28.0. The van der Waals surface area contributed by atoms with E-state index in [1.807, 2.05) is 71.5 Å². The highest BCUT2D eigenvalue weighted by atomic mass is 35.5. The van der Waals surface area contributed by atoms with E-state index in [1.54, 1.807) is 12.1 Å². The van der Waals surface area contributed by atoms with Gasteiger partial charge in [-0.15, -0.1) is 11.8 Å². The molecule has 7 rings (SSSR count). The number of thioether (sulfide) groups is 1. The van der Waals surface area contributed by atoms with Gasteiger partial charge >= 0.3 is 5.51 Å². The molecule has 3 atom stereocenters. The largest absolute Gasteiger partial charge is 0.501 e. The number of nitrogens with zero attached hydrogens (tertiary/aromatic N) is 2. The molecule has 2 heterocycles. The summed E-state index contributed by atoms with van der Waals surface area (Å²) in [6.07, 6.45) is 3.55. The zero-order chi connectivity index (χ0) is 49.6. The number of nitrogens with one attached hydrogen (secondary N) is 2.